The summed E-state index contributed by atoms with van der Waals surface area (Å²) in [7, 11) is 1.62. The van der Waals surface area contributed by atoms with Gasteiger partial charge in [0.25, 0.3) is 5.56 Å². The number of carbonyl (C=O) groups is 2. The number of methoxy groups -OCH3 is 1. The molecule has 0 amide bonds. The maximum Gasteiger partial charge on any atom is 0.305 e. The molecule has 0 saturated carbocycles. The Hall–Kier alpha value is -5.49. The van der Waals surface area contributed by atoms with Crippen molar-refractivity contribution in [3.05, 3.63) is 118 Å². The molecule has 0 radical (unpaired) electrons. The van der Waals surface area contributed by atoms with Crippen molar-refractivity contribution in [3.8, 4) is 5.75 Å². The van der Waals surface area contributed by atoms with Crippen LogP contribution >= 0.6 is 0 Å². The van der Waals surface area contributed by atoms with Crippen LogP contribution in [0.5, 0.6) is 5.75 Å². The minimum absolute atomic E-state index is 0.100. The van der Waals surface area contributed by atoms with Gasteiger partial charge in [0.15, 0.2) is 11.2 Å². The number of nitrogens with zero attached hydrogens (tertiary/aromatic N) is 3. The molecule has 2 heterocycles. The Morgan fingerprint density at radius 3 is 1.90 bits per heavy atom. The van der Waals surface area contributed by atoms with Gasteiger partial charge in [0.2, 0.25) is 5.95 Å². The van der Waals surface area contributed by atoms with Gasteiger partial charge in [0.05, 0.1) is 13.4 Å². The molecule has 2 N–H and O–H groups in total. The lowest BCUT2D eigenvalue weighted by Gasteiger charge is -2.37. The van der Waals surface area contributed by atoms with Gasteiger partial charge in [-0.05, 0) is 41.7 Å². The van der Waals surface area contributed by atoms with E-state index in [4.69, 9.17) is 23.9 Å². The molecule has 0 fully saturated rings. The third-order valence-electron chi connectivity index (χ3n) is 8.50. The fourth-order valence-electron chi connectivity index (χ4n) is 5.71. The zero-order valence-corrected chi connectivity index (χ0v) is 29.3. The molecule has 51 heavy (non-hydrogen) atoms. The quantitative estimate of drug-likeness (QED) is 0.0741. The van der Waals surface area contributed by atoms with Crippen LogP contribution < -0.4 is 15.6 Å². The van der Waals surface area contributed by atoms with Crippen LogP contribution in [0.25, 0.3) is 11.2 Å². The highest BCUT2D eigenvalue weighted by Crippen LogP contribution is 2.40. The van der Waals surface area contributed by atoms with Crippen molar-refractivity contribution in [3.63, 3.8) is 0 Å². The SMILES string of the molecule is CCCCC(=O)OCC(COC(=O)CCCC)OCn1cnc2c(=O)[nH]c(NC(c3ccccc3)(c3ccccc3)c3ccc(OC)cc3)nc21. The van der Waals surface area contributed by atoms with Crippen LogP contribution in [0, 0.1) is 0 Å². The van der Waals surface area contributed by atoms with Gasteiger partial charge in [-0.25, -0.2) is 4.98 Å². The highest BCUT2D eigenvalue weighted by atomic mass is 16.6. The highest BCUT2D eigenvalue weighted by molar-refractivity contribution is 5.72. The summed E-state index contributed by atoms with van der Waals surface area (Å²) in [5, 5.41) is 3.59. The molecule has 5 rings (SSSR count). The number of aromatic amines is 1. The number of unbranched alkanes of at least 4 members (excludes halogenated alkanes) is 2. The molecular formula is C39H45N5O7. The van der Waals surface area contributed by atoms with E-state index in [0.29, 0.717) is 18.6 Å². The first-order chi connectivity index (χ1) is 24.9. The van der Waals surface area contributed by atoms with Gasteiger partial charge in [0, 0.05) is 12.8 Å². The first-order valence-corrected chi connectivity index (χ1v) is 17.3. The minimum Gasteiger partial charge on any atom is -0.497 e. The van der Waals surface area contributed by atoms with E-state index in [9.17, 15) is 14.4 Å². The molecule has 0 bridgehead atoms. The fourth-order valence-corrected chi connectivity index (χ4v) is 5.71. The highest BCUT2D eigenvalue weighted by Gasteiger charge is 2.37. The molecule has 12 heteroatoms. The number of hydrogen-bond donors (Lipinski definition) is 2. The monoisotopic (exact) mass is 695 g/mol. The van der Waals surface area contributed by atoms with Crippen molar-refractivity contribution in [1.82, 2.24) is 19.5 Å². The fraction of sp³-hybridized carbons (Fsp3) is 0.359. The summed E-state index contributed by atoms with van der Waals surface area (Å²) in [6, 6.07) is 27.5. The lowest BCUT2D eigenvalue weighted by Crippen LogP contribution is -2.39. The Morgan fingerprint density at radius 2 is 1.37 bits per heavy atom. The zero-order chi connectivity index (χ0) is 36.1. The van der Waals surface area contributed by atoms with E-state index in [1.807, 2.05) is 98.8 Å². The zero-order valence-electron chi connectivity index (χ0n) is 29.3. The summed E-state index contributed by atoms with van der Waals surface area (Å²) in [6.07, 6.45) is 4.43. The maximum atomic E-state index is 13.5. The standard InChI is InChI=1S/C39H45N5O7/c1-4-6-18-33(45)49-24-32(25-50-34(46)19-7-5-2)51-27-44-26-40-35-36(44)41-38(42-37(35)47)43-39(28-14-10-8-11-15-28,29-16-12-9-13-17-29)30-20-22-31(48-3)23-21-30/h8-17,20-23,26,32H,4-7,18-19,24-25,27H2,1-3H3,(H2,41,42,43,47). The van der Waals surface area contributed by atoms with Crippen molar-refractivity contribution in [2.45, 2.75) is 70.7 Å². The number of aromatic nitrogens is 4. The number of rotatable bonds is 19. The number of imidazole rings is 1. The summed E-state index contributed by atoms with van der Waals surface area (Å²) < 4.78 is 24.0. The number of carbonyl (C=O) groups excluding carboxylic acids is 2. The molecule has 0 aliphatic carbocycles. The van der Waals surface area contributed by atoms with Gasteiger partial charge in [-0.1, -0.05) is 99.5 Å². The van der Waals surface area contributed by atoms with Crippen LogP contribution in [-0.2, 0) is 36.1 Å². The van der Waals surface area contributed by atoms with Crippen LogP contribution in [-0.4, -0.2) is 57.9 Å². The summed E-state index contributed by atoms with van der Waals surface area (Å²) in [5.74, 6) is 0.202. The molecule has 12 nitrogen and oxygen atoms in total. The Labute approximate surface area is 297 Å². The number of benzene rings is 3. The summed E-state index contributed by atoms with van der Waals surface area (Å²) in [4.78, 5) is 50.0. The van der Waals surface area contributed by atoms with E-state index in [-0.39, 0.29) is 61.8 Å². The van der Waals surface area contributed by atoms with Crippen LogP contribution in [0.3, 0.4) is 0 Å². The molecular weight excluding hydrogens is 650 g/mol. The van der Waals surface area contributed by atoms with E-state index in [0.717, 1.165) is 29.5 Å². The van der Waals surface area contributed by atoms with Gasteiger partial charge in [-0.2, -0.15) is 4.98 Å². The second kappa shape index (κ2) is 18.0. The Balaban J connectivity index is 1.47. The number of H-pyrrole nitrogens is 1. The minimum atomic E-state index is -0.992. The van der Waals surface area contributed by atoms with Crippen molar-refractivity contribution >= 4 is 29.1 Å². The van der Waals surface area contributed by atoms with Gasteiger partial charge < -0.3 is 24.3 Å². The molecule has 0 atom stereocenters. The summed E-state index contributed by atoms with van der Waals surface area (Å²) >= 11 is 0. The third-order valence-corrected chi connectivity index (χ3v) is 8.50. The number of hydrogen-bond acceptors (Lipinski definition) is 10. The average molecular weight is 696 g/mol. The van der Waals surface area contributed by atoms with Crippen LogP contribution in [0.2, 0.25) is 0 Å². The molecule has 268 valence electrons. The molecule has 0 aliphatic rings. The summed E-state index contributed by atoms with van der Waals surface area (Å²) in [5.41, 5.74) is 1.64. The Bertz CT molecular complexity index is 1850. The first-order valence-electron chi connectivity index (χ1n) is 17.3. The Kier molecular flexibility index (Phi) is 12.9. The number of fused-ring (bicyclic) bond motifs is 1. The normalized spacial score (nSPS) is 11.5. The van der Waals surface area contributed by atoms with Crippen molar-refractivity contribution in [1.29, 1.82) is 0 Å². The van der Waals surface area contributed by atoms with Gasteiger partial charge in [-0.15, -0.1) is 0 Å². The molecule has 2 aromatic heterocycles. The molecule has 0 unspecified atom stereocenters. The predicted octanol–water partition coefficient (Wildman–Crippen LogP) is 6.34. The number of esters is 2. The van der Waals surface area contributed by atoms with Crippen LogP contribution in [0.15, 0.2) is 96.1 Å². The van der Waals surface area contributed by atoms with Crippen molar-refractivity contribution in [2.24, 2.45) is 0 Å². The van der Waals surface area contributed by atoms with Gasteiger partial charge in [0.1, 0.15) is 37.3 Å². The number of ether oxygens (including phenoxy) is 4. The van der Waals surface area contributed by atoms with Crippen LogP contribution in [0.4, 0.5) is 5.95 Å². The topological polar surface area (TPSA) is 147 Å². The van der Waals surface area contributed by atoms with Crippen LogP contribution in [0.1, 0.15) is 69.1 Å². The lowest BCUT2D eigenvalue weighted by molar-refractivity contribution is -0.157. The number of anilines is 1. The largest absolute Gasteiger partial charge is 0.497 e. The molecule has 0 aliphatic heterocycles. The third kappa shape index (κ3) is 9.20. The Morgan fingerprint density at radius 1 is 0.824 bits per heavy atom. The van der Waals surface area contributed by atoms with E-state index in [2.05, 4.69) is 15.3 Å². The lowest BCUT2D eigenvalue weighted by atomic mass is 9.77. The first kappa shape index (κ1) is 36.8. The number of nitrogens with one attached hydrogen (secondary N) is 2. The summed E-state index contributed by atoms with van der Waals surface area (Å²) in [6.45, 7) is 3.68. The second-order valence-corrected chi connectivity index (χ2v) is 12.1. The second-order valence-electron chi connectivity index (χ2n) is 12.1. The molecule has 0 spiro atoms. The van der Waals surface area contributed by atoms with E-state index >= 15 is 0 Å². The van der Waals surface area contributed by atoms with Gasteiger partial charge >= 0.3 is 11.9 Å². The van der Waals surface area contributed by atoms with Crippen molar-refractivity contribution < 1.29 is 28.5 Å². The predicted molar refractivity (Wildman–Crippen MR) is 193 cm³/mol. The molecule has 0 saturated heterocycles. The van der Waals surface area contributed by atoms with E-state index in [1.54, 1.807) is 11.7 Å². The van der Waals surface area contributed by atoms with E-state index in [1.165, 1.54) is 6.33 Å². The van der Waals surface area contributed by atoms with Crippen molar-refractivity contribution in [2.75, 3.05) is 25.6 Å². The molecule has 3 aromatic carbocycles. The smallest absolute Gasteiger partial charge is 0.305 e. The molecule has 5 aromatic rings. The average Bonchev–Trinajstić information content (AvgIpc) is 3.58. The van der Waals surface area contributed by atoms with E-state index < -0.39 is 17.2 Å². The maximum absolute atomic E-state index is 13.5. The van der Waals surface area contributed by atoms with Gasteiger partial charge in [-0.3, -0.25) is 23.9 Å².